The minimum atomic E-state index is -1.22. The van der Waals surface area contributed by atoms with Gasteiger partial charge >= 0.3 is 0 Å². The van der Waals surface area contributed by atoms with Gasteiger partial charge in [-0.2, -0.15) is 0 Å². The van der Waals surface area contributed by atoms with E-state index in [1.165, 1.54) is 17.5 Å². The summed E-state index contributed by atoms with van der Waals surface area (Å²) in [5.74, 6) is -0.184. The van der Waals surface area contributed by atoms with Crippen LogP contribution in [0.25, 0.3) is 0 Å². The molecule has 2 aromatic carbocycles. The van der Waals surface area contributed by atoms with Crippen molar-refractivity contribution in [2.24, 2.45) is 10.8 Å². The fourth-order valence-corrected chi connectivity index (χ4v) is 6.15. The maximum atomic E-state index is 13.8. The fraction of sp³-hybridized carbons (Fsp3) is 0.516. The molecular weight excluding hydrogens is 494 g/mol. The number of rotatable bonds is 6. The number of imide groups is 1. The summed E-state index contributed by atoms with van der Waals surface area (Å²) in [5.41, 5.74) is 0.709. The molecule has 0 radical (unpaired) electrons. The van der Waals surface area contributed by atoms with Gasteiger partial charge in [-0.3, -0.25) is 24.2 Å². The molecule has 0 N–H and O–H groups in total. The molecule has 3 aliphatic heterocycles. The maximum absolute atomic E-state index is 13.8. The quantitative estimate of drug-likeness (QED) is 0.525. The van der Waals surface area contributed by atoms with Crippen LogP contribution in [-0.4, -0.2) is 71.3 Å². The number of hydrogen-bond acceptors (Lipinski definition) is 6. The van der Waals surface area contributed by atoms with Crippen molar-refractivity contribution in [1.82, 2.24) is 14.7 Å². The van der Waals surface area contributed by atoms with E-state index in [1.807, 2.05) is 39.8 Å². The van der Waals surface area contributed by atoms with E-state index in [1.54, 1.807) is 17.9 Å². The molecule has 0 saturated carbocycles. The number of likely N-dealkylation sites (tertiary alicyclic amines) is 1. The summed E-state index contributed by atoms with van der Waals surface area (Å²) in [6, 6.07) is 13.9. The van der Waals surface area contributed by atoms with Gasteiger partial charge in [0.05, 0.1) is 25.2 Å². The van der Waals surface area contributed by atoms with Crippen molar-refractivity contribution in [2.75, 3.05) is 33.4 Å². The molecule has 0 bridgehead atoms. The molecule has 39 heavy (non-hydrogen) atoms. The van der Waals surface area contributed by atoms with Crippen LogP contribution in [0.15, 0.2) is 42.5 Å². The third-order valence-corrected chi connectivity index (χ3v) is 9.73. The van der Waals surface area contributed by atoms with Gasteiger partial charge in [0.15, 0.2) is 0 Å². The largest absolute Gasteiger partial charge is 0.489 e. The van der Waals surface area contributed by atoms with Gasteiger partial charge in [-0.1, -0.05) is 58.0 Å². The Bertz CT molecular complexity index is 1300. The van der Waals surface area contributed by atoms with E-state index >= 15 is 0 Å². The smallest absolute Gasteiger partial charge is 0.255 e. The zero-order valence-electron chi connectivity index (χ0n) is 23.9. The van der Waals surface area contributed by atoms with Crippen LogP contribution in [0.2, 0.25) is 0 Å². The molecule has 5 rings (SSSR count). The molecule has 3 amide bonds. The summed E-state index contributed by atoms with van der Waals surface area (Å²) < 4.78 is 11.7. The lowest BCUT2D eigenvalue weighted by molar-refractivity contribution is -0.184. The molecular formula is C31H39N3O5. The number of likely N-dealkylation sites (N-methyl/N-ethyl adjacent to an activating group) is 1. The Morgan fingerprint density at radius 2 is 1.51 bits per heavy atom. The highest BCUT2D eigenvalue weighted by atomic mass is 16.5. The van der Waals surface area contributed by atoms with E-state index in [4.69, 9.17) is 9.47 Å². The lowest BCUT2D eigenvalue weighted by atomic mass is 9.54. The summed E-state index contributed by atoms with van der Waals surface area (Å²) >= 11 is 0. The summed E-state index contributed by atoms with van der Waals surface area (Å²) in [5, 5.41) is 0. The molecule has 2 saturated heterocycles. The standard InChI is InChI=1S/C31H39N3O5/c1-29(2)27(36)32(6)28(37)31(5,30(29,3)4)34-19-24-23(26(34)35)8-7-9-25(24)39-20-22-12-10-21(11-13-22)18-33-14-16-38-17-15-33/h7-13H,14-20H2,1-6H3. The normalized spacial score (nSPS) is 24.7. The number of carbonyl (C=O) groups is 3. The molecule has 2 fully saturated rings. The predicted molar refractivity (Wildman–Crippen MR) is 147 cm³/mol. The van der Waals surface area contributed by atoms with Crippen LogP contribution in [0.3, 0.4) is 0 Å². The third kappa shape index (κ3) is 4.25. The average molecular weight is 534 g/mol. The first-order valence-electron chi connectivity index (χ1n) is 13.7. The second kappa shape index (κ2) is 9.75. The number of amides is 3. The lowest BCUT2D eigenvalue weighted by Crippen LogP contribution is -2.75. The highest BCUT2D eigenvalue weighted by molar-refractivity contribution is 6.09. The van der Waals surface area contributed by atoms with Gasteiger partial charge in [0.1, 0.15) is 17.9 Å². The van der Waals surface area contributed by atoms with Gasteiger partial charge in [0, 0.05) is 43.2 Å². The Morgan fingerprint density at radius 3 is 2.18 bits per heavy atom. The third-order valence-electron chi connectivity index (χ3n) is 9.73. The Balaban J connectivity index is 1.34. The first kappa shape index (κ1) is 27.3. The minimum Gasteiger partial charge on any atom is -0.489 e. The molecule has 3 heterocycles. The van der Waals surface area contributed by atoms with E-state index in [-0.39, 0.29) is 24.3 Å². The van der Waals surface area contributed by atoms with Gasteiger partial charge < -0.3 is 14.4 Å². The van der Waals surface area contributed by atoms with Crippen molar-refractivity contribution >= 4 is 17.7 Å². The average Bonchev–Trinajstić information content (AvgIpc) is 3.28. The van der Waals surface area contributed by atoms with Crippen LogP contribution in [0.4, 0.5) is 0 Å². The van der Waals surface area contributed by atoms with Crippen LogP contribution in [0.1, 0.15) is 61.7 Å². The van der Waals surface area contributed by atoms with E-state index in [2.05, 4.69) is 29.2 Å². The highest BCUT2D eigenvalue weighted by Crippen LogP contribution is 2.55. The molecule has 8 nitrogen and oxygen atoms in total. The summed E-state index contributed by atoms with van der Waals surface area (Å²) in [6.07, 6.45) is 0. The lowest BCUT2D eigenvalue weighted by Gasteiger charge is -2.59. The molecule has 1 atom stereocenters. The van der Waals surface area contributed by atoms with Crippen molar-refractivity contribution in [3.05, 3.63) is 64.7 Å². The minimum absolute atomic E-state index is 0.217. The predicted octanol–water partition coefficient (Wildman–Crippen LogP) is 3.86. The van der Waals surface area contributed by atoms with Gasteiger partial charge in [-0.25, -0.2) is 0 Å². The second-order valence-electron chi connectivity index (χ2n) is 12.2. The molecule has 0 spiro atoms. The van der Waals surface area contributed by atoms with E-state index in [0.717, 1.165) is 44.0 Å². The van der Waals surface area contributed by atoms with Crippen molar-refractivity contribution in [3.8, 4) is 5.75 Å². The number of ether oxygens (including phenoxy) is 2. The van der Waals surface area contributed by atoms with Crippen LogP contribution >= 0.6 is 0 Å². The van der Waals surface area contributed by atoms with Gasteiger partial charge in [0.2, 0.25) is 5.91 Å². The van der Waals surface area contributed by atoms with Crippen molar-refractivity contribution < 1.29 is 23.9 Å². The number of carbonyl (C=O) groups excluding carboxylic acids is 3. The van der Waals surface area contributed by atoms with Crippen LogP contribution in [-0.2, 0) is 34.0 Å². The number of nitrogens with zero attached hydrogens (tertiary/aromatic N) is 3. The van der Waals surface area contributed by atoms with Crippen molar-refractivity contribution in [3.63, 3.8) is 0 Å². The summed E-state index contributed by atoms with van der Waals surface area (Å²) in [4.78, 5) is 45.7. The van der Waals surface area contributed by atoms with Crippen molar-refractivity contribution in [1.29, 1.82) is 0 Å². The van der Waals surface area contributed by atoms with Gasteiger partial charge in [-0.05, 0) is 30.2 Å². The van der Waals surface area contributed by atoms with E-state index < -0.39 is 16.4 Å². The maximum Gasteiger partial charge on any atom is 0.255 e. The zero-order chi connectivity index (χ0) is 28.2. The van der Waals surface area contributed by atoms with E-state index in [9.17, 15) is 14.4 Å². The van der Waals surface area contributed by atoms with Crippen LogP contribution < -0.4 is 4.74 Å². The number of piperidine rings is 1. The Hall–Kier alpha value is -3.23. The Morgan fingerprint density at radius 1 is 0.872 bits per heavy atom. The molecule has 1 unspecified atom stereocenters. The number of hydrogen-bond donors (Lipinski definition) is 0. The molecule has 0 aliphatic carbocycles. The fourth-order valence-electron chi connectivity index (χ4n) is 6.15. The van der Waals surface area contributed by atoms with Gasteiger partial charge in [-0.15, -0.1) is 0 Å². The summed E-state index contributed by atoms with van der Waals surface area (Å²) in [7, 11) is 1.51. The second-order valence-corrected chi connectivity index (χ2v) is 12.2. The number of morpholine rings is 1. The molecule has 8 heteroatoms. The van der Waals surface area contributed by atoms with Crippen LogP contribution in [0, 0.1) is 10.8 Å². The van der Waals surface area contributed by atoms with Gasteiger partial charge in [0.25, 0.3) is 11.8 Å². The topological polar surface area (TPSA) is 79.4 Å². The monoisotopic (exact) mass is 533 g/mol. The van der Waals surface area contributed by atoms with Crippen molar-refractivity contribution in [2.45, 2.75) is 59.9 Å². The summed E-state index contributed by atoms with van der Waals surface area (Å²) in [6.45, 7) is 14.3. The highest BCUT2D eigenvalue weighted by Gasteiger charge is 2.67. The molecule has 2 aromatic rings. The first-order valence-corrected chi connectivity index (χ1v) is 13.7. The SMILES string of the molecule is CN1C(=O)C(C)(C)C(C)(C)C(C)(N2Cc3c(OCc4ccc(CN5CCOCC5)cc4)cccc3C2=O)C1=O. The molecule has 3 aliphatic rings. The molecule has 0 aromatic heterocycles. The number of fused-ring (bicyclic) bond motifs is 1. The number of benzene rings is 2. The Kier molecular flexibility index (Phi) is 6.84. The first-order chi connectivity index (χ1) is 18.4. The molecule has 208 valence electrons. The van der Waals surface area contributed by atoms with E-state index in [0.29, 0.717) is 17.9 Å². The van der Waals surface area contributed by atoms with Crippen LogP contribution in [0.5, 0.6) is 5.75 Å². The Labute approximate surface area is 230 Å². The zero-order valence-corrected chi connectivity index (χ0v) is 23.9.